The molecule has 2 rings (SSSR count). The van der Waals surface area contributed by atoms with E-state index in [1.807, 2.05) is 0 Å². The van der Waals surface area contributed by atoms with Crippen LogP contribution in [0.2, 0.25) is 0 Å². The maximum atomic E-state index is 9.01. The van der Waals surface area contributed by atoms with Gasteiger partial charge in [-0.3, -0.25) is 0 Å². The quantitative estimate of drug-likeness (QED) is 0.769. The lowest BCUT2D eigenvalue weighted by Gasteiger charge is -2.17. The molecule has 88 valence electrons. The van der Waals surface area contributed by atoms with E-state index in [-0.39, 0.29) is 0 Å². The van der Waals surface area contributed by atoms with Crippen molar-refractivity contribution in [3.8, 4) is 0 Å². The maximum absolute atomic E-state index is 9.01. The molecule has 1 aliphatic carbocycles. The first-order chi connectivity index (χ1) is 7.79. The summed E-state index contributed by atoms with van der Waals surface area (Å²) in [6, 6.07) is 9.15. The van der Waals surface area contributed by atoms with Crippen molar-refractivity contribution in [1.29, 1.82) is 0 Å². The van der Waals surface area contributed by atoms with E-state index in [1.165, 1.54) is 24.0 Å². The van der Waals surface area contributed by atoms with Crippen LogP contribution in [0.3, 0.4) is 0 Å². The molecule has 0 amide bonds. The number of nitrogens with one attached hydrogen (secondary N) is 1. The van der Waals surface area contributed by atoms with E-state index in [1.54, 1.807) is 0 Å². The minimum absolute atomic E-state index is 0.294. The second-order valence-electron chi connectivity index (χ2n) is 4.82. The third-order valence-corrected chi connectivity index (χ3v) is 3.32. The summed E-state index contributed by atoms with van der Waals surface area (Å²) in [6.07, 6.45) is 3.54. The Balaban J connectivity index is 1.82. The molecular weight excluding hydrogens is 198 g/mol. The van der Waals surface area contributed by atoms with Crippen LogP contribution in [-0.4, -0.2) is 17.8 Å². The Morgan fingerprint density at radius 1 is 1.31 bits per heavy atom. The SMILES string of the molecule is Cc1ccc(CNC(CCO)C2CC2)cc1. The topological polar surface area (TPSA) is 32.3 Å². The fourth-order valence-corrected chi connectivity index (χ4v) is 2.10. The van der Waals surface area contributed by atoms with Gasteiger partial charge in [-0.05, 0) is 37.7 Å². The number of hydrogen-bond donors (Lipinski definition) is 2. The summed E-state index contributed by atoms with van der Waals surface area (Å²) in [6.45, 7) is 3.32. The molecule has 0 spiro atoms. The van der Waals surface area contributed by atoms with Crippen molar-refractivity contribution in [1.82, 2.24) is 5.32 Å². The molecule has 1 unspecified atom stereocenters. The van der Waals surface area contributed by atoms with Crippen molar-refractivity contribution in [3.05, 3.63) is 35.4 Å². The summed E-state index contributed by atoms with van der Waals surface area (Å²) in [5.41, 5.74) is 2.63. The molecule has 2 nitrogen and oxygen atoms in total. The zero-order chi connectivity index (χ0) is 11.4. The van der Waals surface area contributed by atoms with Crippen LogP contribution in [0.15, 0.2) is 24.3 Å². The zero-order valence-electron chi connectivity index (χ0n) is 9.95. The van der Waals surface area contributed by atoms with Crippen molar-refractivity contribution >= 4 is 0 Å². The Morgan fingerprint density at radius 2 is 2.00 bits per heavy atom. The molecule has 16 heavy (non-hydrogen) atoms. The zero-order valence-corrected chi connectivity index (χ0v) is 9.95. The van der Waals surface area contributed by atoms with Crippen LogP contribution in [0.1, 0.15) is 30.4 Å². The Morgan fingerprint density at radius 3 is 2.56 bits per heavy atom. The van der Waals surface area contributed by atoms with Gasteiger partial charge in [-0.25, -0.2) is 0 Å². The molecule has 0 heterocycles. The predicted octanol–water partition coefficient (Wildman–Crippen LogP) is 2.25. The number of hydrogen-bond acceptors (Lipinski definition) is 2. The summed E-state index contributed by atoms with van der Waals surface area (Å²) in [7, 11) is 0. The van der Waals surface area contributed by atoms with Crippen LogP contribution in [0.4, 0.5) is 0 Å². The standard InChI is InChI=1S/C14H21NO/c1-11-2-4-12(5-3-11)10-15-14(8-9-16)13-6-7-13/h2-5,13-16H,6-10H2,1H3. The highest BCUT2D eigenvalue weighted by Gasteiger charge is 2.30. The second kappa shape index (κ2) is 5.46. The van der Waals surface area contributed by atoms with Gasteiger partial charge in [0.15, 0.2) is 0 Å². The first-order valence-corrected chi connectivity index (χ1v) is 6.19. The summed E-state index contributed by atoms with van der Waals surface area (Å²) in [5.74, 6) is 0.803. The van der Waals surface area contributed by atoms with E-state index in [4.69, 9.17) is 5.11 Å². The van der Waals surface area contributed by atoms with Crippen molar-refractivity contribution in [3.63, 3.8) is 0 Å². The highest BCUT2D eigenvalue weighted by Crippen LogP contribution is 2.34. The fourth-order valence-electron chi connectivity index (χ4n) is 2.10. The van der Waals surface area contributed by atoms with Gasteiger partial charge in [0.2, 0.25) is 0 Å². The third-order valence-electron chi connectivity index (χ3n) is 3.32. The molecule has 1 atom stereocenters. The van der Waals surface area contributed by atoms with Gasteiger partial charge in [-0.15, -0.1) is 0 Å². The van der Waals surface area contributed by atoms with Crippen LogP contribution in [-0.2, 0) is 6.54 Å². The van der Waals surface area contributed by atoms with Gasteiger partial charge in [0.1, 0.15) is 0 Å². The molecule has 0 aromatic heterocycles. The van der Waals surface area contributed by atoms with E-state index in [0.717, 1.165) is 18.9 Å². The van der Waals surface area contributed by atoms with Gasteiger partial charge in [-0.1, -0.05) is 29.8 Å². The molecule has 2 heteroatoms. The van der Waals surface area contributed by atoms with Gasteiger partial charge in [-0.2, -0.15) is 0 Å². The van der Waals surface area contributed by atoms with Crippen molar-refractivity contribution in [2.75, 3.05) is 6.61 Å². The summed E-state index contributed by atoms with van der Waals surface area (Å²) in [5, 5.41) is 12.6. The minimum atomic E-state index is 0.294. The first-order valence-electron chi connectivity index (χ1n) is 6.19. The lowest BCUT2D eigenvalue weighted by atomic mass is 10.1. The van der Waals surface area contributed by atoms with Crippen molar-refractivity contribution < 1.29 is 5.11 Å². The lowest BCUT2D eigenvalue weighted by molar-refractivity contribution is 0.256. The molecule has 0 saturated heterocycles. The second-order valence-corrected chi connectivity index (χ2v) is 4.82. The van der Waals surface area contributed by atoms with E-state index in [0.29, 0.717) is 12.6 Å². The number of aliphatic hydroxyl groups is 1. The van der Waals surface area contributed by atoms with Crippen LogP contribution in [0.25, 0.3) is 0 Å². The van der Waals surface area contributed by atoms with E-state index in [9.17, 15) is 0 Å². The van der Waals surface area contributed by atoms with Crippen LogP contribution in [0.5, 0.6) is 0 Å². The van der Waals surface area contributed by atoms with E-state index >= 15 is 0 Å². The molecule has 0 aliphatic heterocycles. The highest BCUT2D eigenvalue weighted by atomic mass is 16.3. The number of rotatable bonds is 6. The van der Waals surface area contributed by atoms with Gasteiger partial charge in [0.05, 0.1) is 0 Å². The number of aryl methyl sites for hydroxylation is 1. The number of benzene rings is 1. The van der Waals surface area contributed by atoms with Crippen molar-refractivity contribution in [2.45, 2.75) is 38.8 Å². The van der Waals surface area contributed by atoms with Crippen LogP contribution < -0.4 is 5.32 Å². The van der Waals surface area contributed by atoms with Gasteiger partial charge >= 0.3 is 0 Å². The molecular formula is C14H21NO. The molecule has 1 aliphatic rings. The number of aliphatic hydroxyl groups excluding tert-OH is 1. The predicted molar refractivity (Wildman–Crippen MR) is 66.2 cm³/mol. The summed E-state index contributed by atoms with van der Waals surface area (Å²) in [4.78, 5) is 0. The smallest absolute Gasteiger partial charge is 0.0445 e. The van der Waals surface area contributed by atoms with Gasteiger partial charge in [0, 0.05) is 19.2 Å². The Kier molecular flexibility index (Phi) is 3.97. The minimum Gasteiger partial charge on any atom is -0.396 e. The normalized spacial score (nSPS) is 17.4. The molecule has 0 bridgehead atoms. The molecule has 2 N–H and O–H groups in total. The van der Waals surface area contributed by atoms with Gasteiger partial charge in [0.25, 0.3) is 0 Å². The molecule has 0 radical (unpaired) electrons. The summed E-state index contributed by atoms with van der Waals surface area (Å²) < 4.78 is 0. The molecule has 1 saturated carbocycles. The van der Waals surface area contributed by atoms with E-state index < -0.39 is 0 Å². The van der Waals surface area contributed by atoms with Crippen LogP contribution >= 0.6 is 0 Å². The fraction of sp³-hybridized carbons (Fsp3) is 0.571. The van der Waals surface area contributed by atoms with Crippen molar-refractivity contribution in [2.24, 2.45) is 5.92 Å². The van der Waals surface area contributed by atoms with Gasteiger partial charge < -0.3 is 10.4 Å². The Bertz CT molecular complexity index is 316. The molecule has 1 fully saturated rings. The van der Waals surface area contributed by atoms with Crippen LogP contribution in [0, 0.1) is 12.8 Å². The lowest BCUT2D eigenvalue weighted by Crippen LogP contribution is -2.31. The first kappa shape index (κ1) is 11.6. The third kappa shape index (κ3) is 3.32. The average Bonchev–Trinajstić information content (AvgIpc) is 3.10. The summed E-state index contributed by atoms with van der Waals surface area (Å²) >= 11 is 0. The monoisotopic (exact) mass is 219 g/mol. The Labute approximate surface area is 97.7 Å². The maximum Gasteiger partial charge on any atom is 0.0445 e. The largest absolute Gasteiger partial charge is 0.396 e. The molecule has 1 aromatic carbocycles. The van der Waals surface area contributed by atoms with E-state index in [2.05, 4.69) is 36.5 Å². The highest BCUT2D eigenvalue weighted by molar-refractivity contribution is 5.21. The Hall–Kier alpha value is -0.860. The average molecular weight is 219 g/mol. The molecule has 1 aromatic rings.